The molecule has 1 amide bonds. The minimum atomic E-state index is 0.305. The Labute approximate surface area is 171 Å². The van der Waals surface area contributed by atoms with Gasteiger partial charge in [-0.1, -0.05) is 30.3 Å². The van der Waals surface area contributed by atoms with Crippen molar-refractivity contribution >= 4 is 5.91 Å². The van der Waals surface area contributed by atoms with Gasteiger partial charge in [0.05, 0.1) is 17.7 Å². The molecular formula is C24H26N4O. The SMILES string of the molecule is O=C(C1CC1)N1CCCC(Cn2cnc(-c3ccccc3)c2-c2ccncc2)C1. The lowest BCUT2D eigenvalue weighted by Gasteiger charge is -2.33. The number of piperidine rings is 1. The zero-order valence-electron chi connectivity index (χ0n) is 16.6. The van der Waals surface area contributed by atoms with Crippen LogP contribution in [0.5, 0.6) is 0 Å². The molecule has 3 aromatic rings. The maximum Gasteiger partial charge on any atom is 0.225 e. The van der Waals surface area contributed by atoms with Crippen molar-refractivity contribution in [1.29, 1.82) is 0 Å². The van der Waals surface area contributed by atoms with Gasteiger partial charge in [0.25, 0.3) is 0 Å². The molecule has 5 rings (SSSR count). The first-order valence-corrected chi connectivity index (χ1v) is 10.6. The minimum Gasteiger partial charge on any atom is -0.342 e. The second-order valence-corrected chi connectivity index (χ2v) is 8.26. The number of aromatic nitrogens is 3. The van der Waals surface area contributed by atoms with Gasteiger partial charge >= 0.3 is 0 Å². The number of hydrogen-bond acceptors (Lipinski definition) is 3. The topological polar surface area (TPSA) is 51.0 Å². The molecule has 5 nitrogen and oxygen atoms in total. The molecule has 2 aliphatic rings. The van der Waals surface area contributed by atoms with E-state index >= 15 is 0 Å². The summed E-state index contributed by atoms with van der Waals surface area (Å²) in [6.45, 7) is 2.66. The number of carbonyl (C=O) groups is 1. The Morgan fingerprint density at radius 3 is 2.55 bits per heavy atom. The van der Waals surface area contributed by atoms with E-state index in [1.54, 1.807) is 0 Å². The maximum atomic E-state index is 12.5. The largest absolute Gasteiger partial charge is 0.342 e. The molecule has 148 valence electrons. The Balaban J connectivity index is 1.44. The lowest BCUT2D eigenvalue weighted by atomic mass is 9.97. The third kappa shape index (κ3) is 3.82. The molecule has 0 bridgehead atoms. The van der Waals surface area contributed by atoms with Gasteiger partial charge in [-0.05, 0) is 43.7 Å². The van der Waals surface area contributed by atoms with Gasteiger partial charge < -0.3 is 9.47 Å². The van der Waals surface area contributed by atoms with Crippen LogP contribution in [0.1, 0.15) is 25.7 Å². The van der Waals surface area contributed by atoms with Gasteiger partial charge in [0.15, 0.2) is 0 Å². The van der Waals surface area contributed by atoms with Crippen molar-refractivity contribution in [2.24, 2.45) is 11.8 Å². The van der Waals surface area contributed by atoms with Crippen molar-refractivity contribution < 1.29 is 4.79 Å². The molecule has 1 atom stereocenters. The van der Waals surface area contributed by atoms with Gasteiger partial charge in [0, 0.05) is 49.1 Å². The third-order valence-electron chi connectivity index (χ3n) is 6.05. The highest BCUT2D eigenvalue weighted by Crippen LogP contribution is 2.34. The van der Waals surface area contributed by atoms with Crippen LogP contribution in [0.25, 0.3) is 22.5 Å². The zero-order valence-corrected chi connectivity index (χ0v) is 16.6. The number of hydrogen-bond donors (Lipinski definition) is 0. The predicted octanol–water partition coefficient (Wildman–Crippen LogP) is 4.26. The molecule has 1 saturated carbocycles. The van der Waals surface area contributed by atoms with Gasteiger partial charge in [0.2, 0.25) is 5.91 Å². The van der Waals surface area contributed by atoms with E-state index in [4.69, 9.17) is 4.98 Å². The van der Waals surface area contributed by atoms with Crippen molar-refractivity contribution in [1.82, 2.24) is 19.4 Å². The molecule has 2 aromatic heterocycles. The summed E-state index contributed by atoms with van der Waals surface area (Å²) in [7, 11) is 0. The lowest BCUT2D eigenvalue weighted by molar-refractivity contribution is -0.134. The molecule has 3 heterocycles. The fourth-order valence-electron chi connectivity index (χ4n) is 4.42. The van der Waals surface area contributed by atoms with Crippen molar-refractivity contribution in [2.75, 3.05) is 13.1 Å². The molecule has 5 heteroatoms. The molecule has 29 heavy (non-hydrogen) atoms. The van der Waals surface area contributed by atoms with Crippen molar-refractivity contribution in [2.45, 2.75) is 32.2 Å². The summed E-state index contributed by atoms with van der Waals surface area (Å²) >= 11 is 0. The molecule has 2 fully saturated rings. The van der Waals surface area contributed by atoms with E-state index in [1.807, 2.05) is 49.1 Å². The third-order valence-corrected chi connectivity index (χ3v) is 6.05. The summed E-state index contributed by atoms with van der Waals surface area (Å²) < 4.78 is 2.27. The van der Waals surface area contributed by atoms with Crippen LogP contribution in [0.3, 0.4) is 0 Å². The molecule has 1 unspecified atom stereocenters. The van der Waals surface area contributed by atoms with Gasteiger partial charge in [-0.25, -0.2) is 4.98 Å². The first-order chi connectivity index (χ1) is 14.3. The van der Waals surface area contributed by atoms with Crippen molar-refractivity contribution in [3.63, 3.8) is 0 Å². The summed E-state index contributed by atoms with van der Waals surface area (Å²) in [5, 5.41) is 0. The van der Waals surface area contributed by atoms with Gasteiger partial charge in [-0.2, -0.15) is 0 Å². The number of benzene rings is 1. The molecular weight excluding hydrogens is 360 g/mol. The van der Waals surface area contributed by atoms with E-state index in [0.29, 0.717) is 17.7 Å². The summed E-state index contributed by atoms with van der Waals surface area (Å²) in [6, 6.07) is 14.4. The number of rotatable bonds is 5. The van der Waals surface area contributed by atoms with Gasteiger partial charge in [-0.15, -0.1) is 0 Å². The van der Waals surface area contributed by atoms with Crippen molar-refractivity contribution in [3.8, 4) is 22.5 Å². The monoisotopic (exact) mass is 386 g/mol. The zero-order chi connectivity index (χ0) is 19.6. The average molecular weight is 386 g/mol. The van der Waals surface area contributed by atoms with Crippen LogP contribution in [0.4, 0.5) is 0 Å². The van der Waals surface area contributed by atoms with Crippen LogP contribution in [0.15, 0.2) is 61.2 Å². The Morgan fingerprint density at radius 2 is 1.79 bits per heavy atom. The molecule has 0 spiro atoms. The molecule has 0 N–H and O–H groups in total. The number of carbonyl (C=O) groups excluding carboxylic acids is 1. The van der Waals surface area contributed by atoms with E-state index in [9.17, 15) is 4.79 Å². The summed E-state index contributed by atoms with van der Waals surface area (Å²) in [5.74, 6) is 1.14. The molecule has 1 saturated heterocycles. The standard InChI is InChI=1S/C24H26N4O/c29-24(21-8-9-21)27-14-4-5-18(15-27)16-28-17-26-22(19-6-2-1-3-7-19)23(28)20-10-12-25-13-11-20/h1-3,6-7,10-13,17-18,21H,4-5,8-9,14-16H2. The van der Waals surface area contributed by atoms with Crippen LogP contribution in [0, 0.1) is 11.8 Å². The lowest BCUT2D eigenvalue weighted by Crippen LogP contribution is -2.41. The van der Waals surface area contributed by atoms with E-state index in [2.05, 4.69) is 26.6 Å². The summed E-state index contributed by atoms with van der Waals surface area (Å²) in [4.78, 5) is 23.6. The summed E-state index contributed by atoms with van der Waals surface area (Å²) in [6.07, 6.45) is 10.0. The smallest absolute Gasteiger partial charge is 0.225 e. The maximum absolute atomic E-state index is 12.5. The second-order valence-electron chi connectivity index (χ2n) is 8.26. The fraction of sp³-hybridized carbons (Fsp3) is 0.375. The predicted molar refractivity (Wildman–Crippen MR) is 113 cm³/mol. The molecule has 1 aliphatic heterocycles. The quantitative estimate of drug-likeness (QED) is 0.658. The van der Waals surface area contributed by atoms with E-state index in [1.165, 1.54) is 0 Å². The van der Waals surface area contributed by atoms with Gasteiger partial charge in [0.1, 0.15) is 0 Å². The molecule has 1 aliphatic carbocycles. The highest BCUT2D eigenvalue weighted by molar-refractivity contribution is 5.81. The number of pyridine rings is 1. The van der Waals surface area contributed by atoms with Crippen molar-refractivity contribution in [3.05, 3.63) is 61.2 Å². The first kappa shape index (κ1) is 18.1. The Kier molecular flexibility index (Phi) is 4.88. The highest BCUT2D eigenvalue weighted by atomic mass is 16.2. The van der Waals surface area contributed by atoms with Crippen LogP contribution in [-0.2, 0) is 11.3 Å². The van der Waals surface area contributed by atoms with E-state index in [-0.39, 0.29) is 0 Å². The van der Waals surface area contributed by atoms with E-state index in [0.717, 1.165) is 67.8 Å². The number of likely N-dealkylation sites (tertiary alicyclic amines) is 1. The van der Waals surface area contributed by atoms with E-state index < -0.39 is 0 Å². The van der Waals surface area contributed by atoms with Crippen LogP contribution < -0.4 is 0 Å². The Hall–Kier alpha value is -2.95. The normalized spacial score (nSPS) is 19.3. The number of amides is 1. The van der Waals surface area contributed by atoms with Crippen LogP contribution >= 0.6 is 0 Å². The number of imidazole rings is 1. The average Bonchev–Trinajstić information content (AvgIpc) is 3.55. The van der Waals surface area contributed by atoms with Crippen LogP contribution in [0.2, 0.25) is 0 Å². The highest BCUT2D eigenvalue weighted by Gasteiger charge is 2.35. The Bertz CT molecular complexity index is 979. The molecule has 0 radical (unpaired) electrons. The first-order valence-electron chi connectivity index (χ1n) is 10.6. The fourth-order valence-corrected chi connectivity index (χ4v) is 4.42. The summed E-state index contributed by atoms with van der Waals surface area (Å²) in [5.41, 5.74) is 4.37. The minimum absolute atomic E-state index is 0.305. The molecule has 1 aromatic carbocycles. The Morgan fingerprint density at radius 1 is 1.00 bits per heavy atom. The van der Waals surface area contributed by atoms with Crippen LogP contribution in [-0.4, -0.2) is 38.4 Å². The second kappa shape index (κ2) is 7.82. The number of nitrogens with zero attached hydrogens (tertiary/aromatic N) is 4. The van der Waals surface area contributed by atoms with Gasteiger partial charge in [-0.3, -0.25) is 9.78 Å².